The van der Waals surface area contributed by atoms with Gasteiger partial charge in [0.2, 0.25) is 0 Å². The lowest BCUT2D eigenvalue weighted by molar-refractivity contribution is -0.0399. The fourth-order valence-electron chi connectivity index (χ4n) is 4.09. The van der Waals surface area contributed by atoms with Gasteiger partial charge in [-0.05, 0) is 25.7 Å². The Balaban J connectivity index is 1.59. The first kappa shape index (κ1) is 14.8. The van der Waals surface area contributed by atoms with Gasteiger partial charge in [0.25, 0.3) is 0 Å². The van der Waals surface area contributed by atoms with Crippen molar-refractivity contribution in [1.29, 1.82) is 0 Å². The predicted octanol–water partition coefficient (Wildman–Crippen LogP) is 1.79. The maximum atomic E-state index is 5.60. The Morgan fingerprint density at radius 2 is 1.75 bits per heavy atom. The molecule has 1 aliphatic carbocycles. The van der Waals surface area contributed by atoms with E-state index in [0.29, 0.717) is 11.6 Å². The molecule has 2 aliphatic heterocycles. The highest BCUT2D eigenvalue weighted by Crippen LogP contribution is 2.34. The first-order valence-electron chi connectivity index (χ1n) is 8.53. The molecular weight excluding hydrogens is 252 g/mol. The number of nitrogens with zero attached hydrogens (tertiary/aromatic N) is 1. The summed E-state index contributed by atoms with van der Waals surface area (Å²) in [6.45, 7) is 7.04. The summed E-state index contributed by atoms with van der Waals surface area (Å²) in [5.41, 5.74) is 0.388. The van der Waals surface area contributed by atoms with Crippen molar-refractivity contribution < 1.29 is 9.47 Å². The minimum Gasteiger partial charge on any atom is -0.380 e. The third-order valence-electron chi connectivity index (χ3n) is 5.35. The second-order valence-electron chi connectivity index (χ2n) is 6.68. The van der Waals surface area contributed by atoms with Crippen LogP contribution in [0.5, 0.6) is 0 Å². The Morgan fingerprint density at radius 3 is 2.45 bits per heavy atom. The Bertz CT molecular complexity index is 280. The van der Waals surface area contributed by atoms with Crippen molar-refractivity contribution in [2.45, 2.75) is 56.5 Å². The molecule has 0 spiro atoms. The van der Waals surface area contributed by atoms with Crippen LogP contribution in [0.15, 0.2) is 0 Å². The summed E-state index contributed by atoms with van der Waals surface area (Å²) < 4.78 is 11.2. The van der Waals surface area contributed by atoms with Crippen LogP contribution in [0.1, 0.15) is 44.9 Å². The van der Waals surface area contributed by atoms with Gasteiger partial charge in [0.15, 0.2) is 0 Å². The lowest BCUT2D eigenvalue weighted by atomic mass is 9.79. The number of ether oxygens (including phenoxy) is 2. The van der Waals surface area contributed by atoms with Crippen LogP contribution in [0.3, 0.4) is 0 Å². The standard InChI is InChI=1S/C16H30N2O2/c1-2-6-16(7-3-1,18-8-11-19-12-9-18)14-17-15-5-4-10-20-13-15/h15,17H,1-14H2. The van der Waals surface area contributed by atoms with Crippen molar-refractivity contribution in [3.8, 4) is 0 Å². The molecule has 2 saturated heterocycles. The SMILES string of the molecule is C1CCC(CNC2CCCOC2)(N2CCOCC2)CC1. The summed E-state index contributed by atoms with van der Waals surface area (Å²) in [6, 6.07) is 0.573. The number of hydrogen-bond donors (Lipinski definition) is 1. The molecule has 0 aromatic carbocycles. The molecule has 0 aromatic heterocycles. The fourth-order valence-corrected chi connectivity index (χ4v) is 4.09. The second kappa shape index (κ2) is 7.21. The zero-order valence-corrected chi connectivity index (χ0v) is 12.7. The summed E-state index contributed by atoms with van der Waals surface area (Å²) in [5.74, 6) is 0. The van der Waals surface area contributed by atoms with Crippen LogP contribution in [0.4, 0.5) is 0 Å². The van der Waals surface area contributed by atoms with Gasteiger partial charge in [-0.1, -0.05) is 19.3 Å². The molecule has 1 atom stereocenters. The highest BCUT2D eigenvalue weighted by Gasteiger charge is 2.38. The van der Waals surface area contributed by atoms with Crippen molar-refractivity contribution in [3.05, 3.63) is 0 Å². The molecule has 0 amide bonds. The molecule has 3 rings (SSSR count). The Hall–Kier alpha value is -0.160. The summed E-state index contributed by atoms with van der Waals surface area (Å²) in [4.78, 5) is 2.71. The Labute approximate surface area is 123 Å². The smallest absolute Gasteiger partial charge is 0.0619 e. The van der Waals surface area contributed by atoms with Crippen molar-refractivity contribution in [3.63, 3.8) is 0 Å². The van der Waals surface area contributed by atoms with Crippen molar-refractivity contribution in [1.82, 2.24) is 10.2 Å². The molecule has 1 unspecified atom stereocenters. The minimum absolute atomic E-state index is 0.388. The molecular formula is C16H30N2O2. The molecule has 116 valence electrons. The van der Waals surface area contributed by atoms with Gasteiger partial charge >= 0.3 is 0 Å². The average molecular weight is 282 g/mol. The van der Waals surface area contributed by atoms with Gasteiger partial charge in [0.05, 0.1) is 19.8 Å². The quantitative estimate of drug-likeness (QED) is 0.852. The van der Waals surface area contributed by atoms with Crippen molar-refractivity contribution in [2.75, 3.05) is 46.1 Å². The number of hydrogen-bond acceptors (Lipinski definition) is 4. The maximum Gasteiger partial charge on any atom is 0.0619 e. The van der Waals surface area contributed by atoms with E-state index in [2.05, 4.69) is 10.2 Å². The van der Waals surface area contributed by atoms with E-state index in [9.17, 15) is 0 Å². The second-order valence-corrected chi connectivity index (χ2v) is 6.68. The van der Waals surface area contributed by atoms with E-state index in [4.69, 9.17) is 9.47 Å². The number of rotatable bonds is 4. The van der Waals surface area contributed by atoms with Crippen LogP contribution < -0.4 is 5.32 Å². The van der Waals surface area contributed by atoms with Gasteiger partial charge in [0, 0.05) is 37.8 Å². The van der Waals surface area contributed by atoms with E-state index in [0.717, 1.165) is 46.1 Å². The predicted molar refractivity (Wildman–Crippen MR) is 80.1 cm³/mol. The van der Waals surface area contributed by atoms with E-state index in [1.807, 2.05) is 0 Å². The van der Waals surface area contributed by atoms with Crippen LogP contribution in [-0.2, 0) is 9.47 Å². The molecule has 0 radical (unpaired) electrons. The summed E-state index contributed by atoms with van der Waals surface area (Å²) in [7, 11) is 0. The largest absolute Gasteiger partial charge is 0.380 e. The maximum absolute atomic E-state index is 5.60. The van der Waals surface area contributed by atoms with Gasteiger partial charge in [-0.3, -0.25) is 4.90 Å². The lowest BCUT2D eigenvalue weighted by Gasteiger charge is -2.49. The van der Waals surface area contributed by atoms with E-state index in [1.165, 1.54) is 44.9 Å². The third kappa shape index (κ3) is 3.53. The molecule has 20 heavy (non-hydrogen) atoms. The molecule has 4 nitrogen and oxygen atoms in total. The number of morpholine rings is 1. The van der Waals surface area contributed by atoms with Gasteiger partial charge < -0.3 is 14.8 Å². The number of nitrogens with one attached hydrogen (secondary N) is 1. The van der Waals surface area contributed by atoms with Gasteiger partial charge in [-0.2, -0.15) is 0 Å². The normalized spacial score (nSPS) is 32.1. The molecule has 0 aromatic rings. The van der Waals surface area contributed by atoms with E-state index >= 15 is 0 Å². The third-order valence-corrected chi connectivity index (χ3v) is 5.35. The van der Waals surface area contributed by atoms with Crippen LogP contribution in [-0.4, -0.2) is 62.5 Å². The van der Waals surface area contributed by atoms with Crippen LogP contribution in [0, 0.1) is 0 Å². The van der Waals surface area contributed by atoms with Crippen LogP contribution in [0.2, 0.25) is 0 Å². The summed E-state index contributed by atoms with van der Waals surface area (Å²) >= 11 is 0. The fraction of sp³-hybridized carbons (Fsp3) is 1.00. The molecule has 1 N–H and O–H groups in total. The van der Waals surface area contributed by atoms with Crippen LogP contribution in [0.25, 0.3) is 0 Å². The average Bonchev–Trinajstić information content (AvgIpc) is 2.56. The van der Waals surface area contributed by atoms with Gasteiger partial charge in [-0.15, -0.1) is 0 Å². The zero-order valence-electron chi connectivity index (χ0n) is 12.7. The topological polar surface area (TPSA) is 33.7 Å². The highest BCUT2D eigenvalue weighted by atomic mass is 16.5. The highest BCUT2D eigenvalue weighted by molar-refractivity contribution is 4.96. The van der Waals surface area contributed by atoms with Gasteiger partial charge in [-0.25, -0.2) is 0 Å². The molecule has 1 saturated carbocycles. The van der Waals surface area contributed by atoms with E-state index in [1.54, 1.807) is 0 Å². The first-order chi connectivity index (χ1) is 9.89. The molecule has 3 fully saturated rings. The van der Waals surface area contributed by atoms with Crippen LogP contribution >= 0.6 is 0 Å². The lowest BCUT2D eigenvalue weighted by Crippen LogP contribution is -2.60. The van der Waals surface area contributed by atoms with E-state index < -0.39 is 0 Å². The van der Waals surface area contributed by atoms with Crippen molar-refractivity contribution >= 4 is 0 Å². The summed E-state index contributed by atoms with van der Waals surface area (Å²) in [6.07, 6.45) is 9.39. The molecule has 2 heterocycles. The van der Waals surface area contributed by atoms with Crippen molar-refractivity contribution in [2.24, 2.45) is 0 Å². The first-order valence-corrected chi connectivity index (χ1v) is 8.53. The van der Waals surface area contributed by atoms with Gasteiger partial charge in [0.1, 0.15) is 0 Å². The minimum atomic E-state index is 0.388. The summed E-state index contributed by atoms with van der Waals surface area (Å²) in [5, 5.41) is 3.82. The zero-order chi connectivity index (χ0) is 13.7. The Kier molecular flexibility index (Phi) is 5.32. The Morgan fingerprint density at radius 1 is 0.950 bits per heavy atom. The molecule has 0 bridgehead atoms. The van der Waals surface area contributed by atoms with E-state index in [-0.39, 0.29) is 0 Å². The molecule has 3 aliphatic rings. The molecule has 4 heteroatoms. The monoisotopic (exact) mass is 282 g/mol.